The fourth-order valence-corrected chi connectivity index (χ4v) is 4.72. The van der Waals surface area contributed by atoms with E-state index < -0.39 is 10.1 Å². The lowest BCUT2D eigenvalue weighted by Gasteiger charge is -2.25. The van der Waals surface area contributed by atoms with Gasteiger partial charge in [-0.3, -0.25) is 28.7 Å². The number of carbonyl (C=O) groups excluding carboxylic acids is 3. The molecule has 0 aliphatic carbocycles. The van der Waals surface area contributed by atoms with Gasteiger partial charge in [0.1, 0.15) is 0 Å². The first-order chi connectivity index (χ1) is 17.1. The standard InChI is InChI=1S/C22H22N4O4S.CH4O3S/c27-20-13-31-22(29)26(20)12-14-1-2-19-17(8-14)18(21(28)24-19)9-16-7-15(10-23-16)11-25-3-5-30-6-4-25;1-5(2,3)4/h1-2,7-10,23H,3-6,11-13H2,(H,24,28);1H3,(H,2,3,4). The number of carbonyl (C=O) groups is 3. The molecule has 3 aliphatic heterocycles. The molecule has 36 heavy (non-hydrogen) atoms. The minimum Gasteiger partial charge on any atom is -0.379 e. The van der Waals surface area contributed by atoms with E-state index in [-0.39, 0.29) is 29.4 Å². The predicted octanol–water partition coefficient (Wildman–Crippen LogP) is 2.04. The average molecular weight is 535 g/mol. The van der Waals surface area contributed by atoms with Gasteiger partial charge in [-0.2, -0.15) is 8.42 Å². The van der Waals surface area contributed by atoms with E-state index in [0.717, 1.165) is 72.7 Å². The van der Waals surface area contributed by atoms with Crippen LogP contribution in [-0.4, -0.2) is 83.1 Å². The van der Waals surface area contributed by atoms with E-state index in [9.17, 15) is 22.8 Å². The molecule has 3 amide bonds. The second-order valence-electron chi connectivity index (χ2n) is 8.51. The highest BCUT2D eigenvalue weighted by molar-refractivity contribution is 8.14. The van der Waals surface area contributed by atoms with Crippen molar-refractivity contribution in [2.24, 2.45) is 0 Å². The van der Waals surface area contributed by atoms with Gasteiger partial charge in [0.05, 0.1) is 37.3 Å². The molecule has 11 nitrogen and oxygen atoms in total. The van der Waals surface area contributed by atoms with Gasteiger partial charge in [-0.1, -0.05) is 17.8 Å². The number of aromatic nitrogens is 1. The molecule has 1 aromatic carbocycles. The Morgan fingerprint density at radius 2 is 1.83 bits per heavy atom. The Labute approximate surface area is 212 Å². The fraction of sp³-hybridized carbons (Fsp3) is 0.348. The zero-order chi connectivity index (χ0) is 25.9. The third-order valence-corrected chi connectivity index (χ3v) is 6.48. The Morgan fingerprint density at radius 3 is 2.50 bits per heavy atom. The molecule has 192 valence electrons. The van der Waals surface area contributed by atoms with Gasteiger partial charge in [0.25, 0.3) is 21.3 Å². The van der Waals surface area contributed by atoms with Gasteiger partial charge in [0, 0.05) is 42.8 Å². The number of rotatable bonds is 5. The lowest BCUT2D eigenvalue weighted by Crippen LogP contribution is -2.35. The van der Waals surface area contributed by atoms with Gasteiger partial charge < -0.3 is 15.0 Å². The molecule has 0 bridgehead atoms. The van der Waals surface area contributed by atoms with Crippen LogP contribution in [0, 0.1) is 0 Å². The molecule has 0 saturated carbocycles. The molecule has 0 atom stereocenters. The number of H-pyrrole nitrogens is 1. The van der Waals surface area contributed by atoms with Crippen molar-refractivity contribution in [2.45, 2.75) is 13.1 Å². The van der Waals surface area contributed by atoms with Crippen LogP contribution in [0.15, 0.2) is 30.5 Å². The monoisotopic (exact) mass is 534 g/mol. The first-order valence-corrected chi connectivity index (χ1v) is 13.9. The van der Waals surface area contributed by atoms with Crippen LogP contribution in [0.25, 0.3) is 11.6 Å². The normalized spacial score (nSPS) is 19.3. The second kappa shape index (κ2) is 11.0. The van der Waals surface area contributed by atoms with E-state index >= 15 is 0 Å². The van der Waals surface area contributed by atoms with Crippen LogP contribution in [0.2, 0.25) is 0 Å². The van der Waals surface area contributed by atoms with Crippen LogP contribution in [0.5, 0.6) is 0 Å². The number of fused-ring (bicyclic) bond motifs is 1. The Morgan fingerprint density at radius 1 is 1.11 bits per heavy atom. The maximum Gasteiger partial charge on any atom is 0.289 e. The summed E-state index contributed by atoms with van der Waals surface area (Å²) in [6.45, 7) is 4.40. The number of benzene rings is 1. The number of hydrogen-bond donors (Lipinski definition) is 3. The highest BCUT2D eigenvalue weighted by atomic mass is 32.2. The Balaban J connectivity index is 0.000000556. The lowest BCUT2D eigenvalue weighted by molar-refractivity contribution is -0.125. The van der Waals surface area contributed by atoms with Gasteiger partial charge in [0.2, 0.25) is 5.91 Å². The zero-order valence-electron chi connectivity index (χ0n) is 19.5. The third kappa shape index (κ3) is 6.83. The maximum atomic E-state index is 12.6. The average Bonchev–Trinajstić information content (AvgIpc) is 3.48. The van der Waals surface area contributed by atoms with Crippen molar-refractivity contribution in [1.29, 1.82) is 0 Å². The molecule has 2 fully saturated rings. The molecular formula is C23H26N4O7S2. The van der Waals surface area contributed by atoms with Crippen molar-refractivity contribution < 1.29 is 32.1 Å². The molecule has 5 rings (SSSR count). The maximum absolute atomic E-state index is 12.6. The van der Waals surface area contributed by atoms with Crippen LogP contribution < -0.4 is 5.32 Å². The van der Waals surface area contributed by atoms with Gasteiger partial charge in [0.15, 0.2) is 0 Å². The van der Waals surface area contributed by atoms with Crippen molar-refractivity contribution in [3.05, 3.63) is 52.8 Å². The van der Waals surface area contributed by atoms with E-state index in [4.69, 9.17) is 9.29 Å². The quantitative estimate of drug-likeness (QED) is 0.387. The summed E-state index contributed by atoms with van der Waals surface area (Å²) in [6.07, 6.45) is 4.52. The smallest absolute Gasteiger partial charge is 0.289 e. The van der Waals surface area contributed by atoms with Crippen molar-refractivity contribution in [1.82, 2.24) is 14.8 Å². The van der Waals surface area contributed by atoms with Crippen molar-refractivity contribution in [2.75, 3.05) is 43.6 Å². The minimum absolute atomic E-state index is 0.166. The molecule has 3 N–H and O–H groups in total. The highest BCUT2D eigenvalue weighted by Crippen LogP contribution is 2.34. The van der Waals surface area contributed by atoms with Crippen LogP contribution in [0.1, 0.15) is 22.4 Å². The molecule has 3 aliphatic rings. The number of hydrogen-bond acceptors (Lipinski definition) is 8. The van der Waals surface area contributed by atoms with E-state index in [2.05, 4.69) is 21.3 Å². The number of aromatic amines is 1. The number of nitrogens with zero attached hydrogens (tertiary/aromatic N) is 2. The molecule has 1 aromatic heterocycles. The predicted molar refractivity (Wildman–Crippen MR) is 136 cm³/mol. The highest BCUT2D eigenvalue weighted by Gasteiger charge is 2.31. The summed E-state index contributed by atoms with van der Waals surface area (Å²) in [4.78, 5) is 43.2. The van der Waals surface area contributed by atoms with Crippen LogP contribution in [0.3, 0.4) is 0 Å². The van der Waals surface area contributed by atoms with Gasteiger partial charge in [-0.15, -0.1) is 0 Å². The number of imide groups is 1. The van der Waals surface area contributed by atoms with E-state index in [1.807, 2.05) is 30.5 Å². The van der Waals surface area contributed by atoms with E-state index in [1.165, 1.54) is 4.90 Å². The summed E-state index contributed by atoms with van der Waals surface area (Å²) in [5.41, 5.74) is 4.89. The fourth-order valence-electron chi connectivity index (χ4n) is 4.00. The Kier molecular flexibility index (Phi) is 7.95. The molecule has 2 aromatic rings. The van der Waals surface area contributed by atoms with E-state index in [0.29, 0.717) is 11.8 Å². The number of morpholine rings is 1. The lowest BCUT2D eigenvalue weighted by atomic mass is 10.0. The first kappa shape index (κ1) is 26.1. The van der Waals surface area contributed by atoms with E-state index in [1.54, 1.807) is 0 Å². The number of ether oxygens (including phenoxy) is 1. The largest absolute Gasteiger partial charge is 0.379 e. The molecule has 0 unspecified atom stereocenters. The minimum atomic E-state index is -3.67. The molecule has 0 spiro atoms. The Hall–Kier alpha value is -2.97. The number of anilines is 1. The van der Waals surface area contributed by atoms with Crippen molar-refractivity contribution in [3.8, 4) is 0 Å². The zero-order valence-corrected chi connectivity index (χ0v) is 21.2. The summed E-state index contributed by atoms with van der Waals surface area (Å²) in [6, 6.07) is 7.58. The SMILES string of the molecule is CS(=O)(=O)O.O=C1Nc2ccc(CN3C(=O)CSC3=O)cc2C1=Cc1cc(CN2CCOCC2)c[nH]1. The first-order valence-electron chi connectivity index (χ1n) is 11.1. The molecule has 2 saturated heterocycles. The molecular weight excluding hydrogens is 508 g/mol. The summed E-state index contributed by atoms with van der Waals surface area (Å²) >= 11 is 1.02. The molecule has 4 heterocycles. The molecule has 0 radical (unpaired) electrons. The van der Waals surface area contributed by atoms with Crippen LogP contribution in [-0.2, 0) is 37.5 Å². The van der Waals surface area contributed by atoms with Crippen LogP contribution >= 0.6 is 11.8 Å². The van der Waals surface area contributed by atoms with Crippen molar-refractivity contribution >= 4 is 56.3 Å². The summed E-state index contributed by atoms with van der Waals surface area (Å²) in [5, 5.41) is 2.66. The Bertz CT molecular complexity index is 1290. The summed E-state index contributed by atoms with van der Waals surface area (Å²) < 4.78 is 31.3. The summed E-state index contributed by atoms with van der Waals surface area (Å²) in [7, 11) is -3.67. The number of thioether (sulfide) groups is 1. The molecule has 13 heteroatoms. The van der Waals surface area contributed by atoms with Gasteiger partial charge in [-0.05, 0) is 35.4 Å². The third-order valence-electron chi connectivity index (χ3n) is 5.62. The van der Waals surface area contributed by atoms with Gasteiger partial charge >= 0.3 is 0 Å². The number of amides is 3. The summed E-state index contributed by atoms with van der Waals surface area (Å²) in [5.74, 6) is -0.158. The van der Waals surface area contributed by atoms with Gasteiger partial charge in [-0.25, -0.2) is 0 Å². The topological polar surface area (TPSA) is 149 Å². The second-order valence-corrected chi connectivity index (χ2v) is 10.9. The van der Waals surface area contributed by atoms with Crippen molar-refractivity contribution in [3.63, 3.8) is 0 Å². The van der Waals surface area contributed by atoms with Crippen LogP contribution in [0.4, 0.5) is 10.5 Å². The number of nitrogens with one attached hydrogen (secondary N) is 2.